The second kappa shape index (κ2) is 17.5. The number of morpholine rings is 1. The summed E-state index contributed by atoms with van der Waals surface area (Å²) in [5, 5.41) is 18.0. The van der Waals surface area contributed by atoms with Gasteiger partial charge in [-0.2, -0.15) is 0 Å². The van der Waals surface area contributed by atoms with Crippen LogP contribution in [0.1, 0.15) is 26.3 Å². The second-order valence-electron chi connectivity index (χ2n) is 6.22. The van der Waals surface area contributed by atoms with E-state index in [1.165, 1.54) is 5.69 Å². The number of carbonyl (C=O) groups excluding carboxylic acids is 2. The first-order valence-corrected chi connectivity index (χ1v) is 10.5. The lowest BCUT2D eigenvalue weighted by atomic mass is 9.99. The van der Waals surface area contributed by atoms with E-state index in [2.05, 4.69) is 40.2 Å². The van der Waals surface area contributed by atoms with Crippen molar-refractivity contribution in [1.29, 1.82) is 5.41 Å². The maximum Gasteiger partial charge on any atom is 0.204 e. The Balaban J connectivity index is 0.00000124. The zero-order valence-electron chi connectivity index (χ0n) is 19.4. The SMILES string of the molecule is CC.CC(=N)c1cc(-c2ccc(N3CCOCC3)cc2)ccc1NCC=O.CO.NC=O. The van der Waals surface area contributed by atoms with Crippen molar-refractivity contribution in [3.63, 3.8) is 0 Å². The van der Waals surface area contributed by atoms with Gasteiger partial charge in [-0.1, -0.05) is 32.0 Å². The normalized spacial score (nSPS) is 11.8. The number of benzene rings is 2. The fraction of sp³-hybridized carbons (Fsp3) is 0.375. The summed E-state index contributed by atoms with van der Waals surface area (Å²) in [5.74, 6) is 0. The van der Waals surface area contributed by atoms with Crippen LogP contribution in [-0.4, -0.2) is 63.5 Å². The first kappa shape index (κ1) is 28.8. The molecule has 0 unspecified atom stereocenters. The topological polar surface area (TPSA) is 129 Å². The maximum absolute atomic E-state index is 10.6. The van der Waals surface area contributed by atoms with E-state index in [4.69, 9.17) is 20.0 Å². The molecule has 8 heteroatoms. The molecule has 1 aliphatic rings. The van der Waals surface area contributed by atoms with Gasteiger partial charge in [-0.25, -0.2) is 0 Å². The van der Waals surface area contributed by atoms with Gasteiger partial charge in [0.15, 0.2) is 0 Å². The minimum atomic E-state index is 0.244. The van der Waals surface area contributed by atoms with Crippen molar-refractivity contribution < 1.29 is 19.4 Å². The summed E-state index contributed by atoms with van der Waals surface area (Å²) < 4.78 is 5.40. The number of amides is 1. The molecule has 5 N–H and O–H groups in total. The number of primary amides is 1. The standard InChI is InChI=1S/C20H23N3O2.C2H6.CH3NO.CH4O/c1-15(21)19-14-17(4-7-20(19)22-8-11-24)16-2-5-18(6-3-16)23-9-12-25-13-10-23;1-2;2-1-3;1-2/h2-7,11,14,21-22H,8-10,12-13H2,1H3;1-2H3;1H,(H2,2,3);2H,1H3. The van der Waals surface area contributed by atoms with Crippen molar-refractivity contribution in [1.82, 2.24) is 0 Å². The Labute approximate surface area is 190 Å². The summed E-state index contributed by atoms with van der Waals surface area (Å²) in [6.07, 6.45) is 1.07. The molecular weight excluding hydrogens is 408 g/mol. The quantitative estimate of drug-likeness (QED) is 0.400. The number of aldehydes is 1. The summed E-state index contributed by atoms with van der Waals surface area (Å²) in [6, 6.07) is 14.4. The first-order chi connectivity index (χ1) is 15.6. The van der Waals surface area contributed by atoms with Gasteiger partial charge in [0.2, 0.25) is 6.41 Å². The van der Waals surface area contributed by atoms with E-state index in [1.807, 2.05) is 32.0 Å². The van der Waals surface area contributed by atoms with Gasteiger partial charge < -0.3 is 36.0 Å². The van der Waals surface area contributed by atoms with Gasteiger partial charge >= 0.3 is 0 Å². The van der Waals surface area contributed by atoms with Crippen LogP contribution in [0.15, 0.2) is 42.5 Å². The zero-order chi connectivity index (χ0) is 24.4. The number of nitrogens with one attached hydrogen (secondary N) is 2. The lowest BCUT2D eigenvalue weighted by molar-refractivity contribution is -0.107. The zero-order valence-corrected chi connectivity index (χ0v) is 19.4. The highest BCUT2D eigenvalue weighted by Crippen LogP contribution is 2.28. The van der Waals surface area contributed by atoms with E-state index in [0.29, 0.717) is 5.71 Å². The van der Waals surface area contributed by atoms with Gasteiger partial charge in [-0.05, 0) is 42.3 Å². The number of hydrogen-bond donors (Lipinski definition) is 4. The molecule has 32 heavy (non-hydrogen) atoms. The molecule has 3 rings (SSSR count). The van der Waals surface area contributed by atoms with Crippen molar-refractivity contribution >= 4 is 29.8 Å². The Morgan fingerprint density at radius 1 is 1.09 bits per heavy atom. The molecule has 0 aliphatic carbocycles. The third-order valence-electron chi connectivity index (χ3n) is 4.38. The minimum Gasteiger partial charge on any atom is -0.400 e. The van der Waals surface area contributed by atoms with Gasteiger partial charge in [-0.3, -0.25) is 4.79 Å². The molecule has 1 fully saturated rings. The summed E-state index contributed by atoms with van der Waals surface area (Å²) in [6.45, 7) is 9.40. The molecule has 0 radical (unpaired) electrons. The van der Waals surface area contributed by atoms with Crippen molar-refractivity contribution in [3.8, 4) is 11.1 Å². The van der Waals surface area contributed by atoms with E-state index in [-0.39, 0.29) is 13.0 Å². The summed E-state index contributed by atoms with van der Waals surface area (Å²) >= 11 is 0. The molecule has 0 aromatic heterocycles. The number of nitrogens with zero attached hydrogens (tertiary/aromatic N) is 1. The lowest BCUT2D eigenvalue weighted by Gasteiger charge is -2.29. The Morgan fingerprint density at radius 2 is 1.62 bits per heavy atom. The average molecular weight is 445 g/mol. The van der Waals surface area contributed by atoms with Crippen LogP contribution in [-0.2, 0) is 14.3 Å². The molecule has 0 atom stereocenters. The fourth-order valence-corrected chi connectivity index (χ4v) is 3.03. The average Bonchev–Trinajstić information content (AvgIpc) is 2.86. The third kappa shape index (κ3) is 9.28. The monoisotopic (exact) mass is 444 g/mol. The Hall–Kier alpha value is -3.23. The molecule has 1 amide bonds. The molecule has 0 spiro atoms. The van der Waals surface area contributed by atoms with E-state index in [9.17, 15) is 4.79 Å². The Kier molecular flexibility index (Phi) is 15.7. The van der Waals surface area contributed by atoms with Gasteiger partial charge in [0, 0.05) is 42.8 Å². The molecular formula is C24H36N4O4. The number of rotatable bonds is 6. The fourth-order valence-electron chi connectivity index (χ4n) is 3.03. The van der Waals surface area contributed by atoms with Crippen LogP contribution >= 0.6 is 0 Å². The van der Waals surface area contributed by atoms with Crippen LogP contribution in [0, 0.1) is 5.41 Å². The highest BCUT2D eigenvalue weighted by Gasteiger charge is 2.12. The van der Waals surface area contributed by atoms with Crippen LogP contribution in [0.5, 0.6) is 0 Å². The van der Waals surface area contributed by atoms with E-state index in [1.54, 1.807) is 6.92 Å². The van der Waals surface area contributed by atoms with Crippen molar-refractivity contribution in [2.45, 2.75) is 20.8 Å². The lowest BCUT2D eigenvalue weighted by Crippen LogP contribution is -2.36. The highest BCUT2D eigenvalue weighted by molar-refractivity contribution is 6.02. The Morgan fingerprint density at radius 3 is 2.12 bits per heavy atom. The number of ether oxygens (including phenoxy) is 1. The highest BCUT2D eigenvalue weighted by atomic mass is 16.5. The molecule has 1 aliphatic heterocycles. The van der Waals surface area contributed by atoms with Crippen molar-refractivity contribution in [3.05, 3.63) is 48.0 Å². The number of aliphatic hydroxyl groups excluding tert-OH is 1. The number of anilines is 2. The Bertz CT molecular complexity index is 804. The third-order valence-corrected chi connectivity index (χ3v) is 4.38. The minimum absolute atomic E-state index is 0.244. The van der Waals surface area contributed by atoms with Gasteiger partial charge in [-0.15, -0.1) is 0 Å². The molecule has 8 nitrogen and oxygen atoms in total. The van der Waals surface area contributed by atoms with Crippen molar-refractivity contribution in [2.24, 2.45) is 5.73 Å². The summed E-state index contributed by atoms with van der Waals surface area (Å²) in [4.78, 5) is 21.5. The first-order valence-electron chi connectivity index (χ1n) is 10.5. The number of carbonyl (C=O) groups is 2. The van der Waals surface area contributed by atoms with Gasteiger partial charge in [0.1, 0.15) is 6.29 Å². The van der Waals surface area contributed by atoms with Crippen LogP contribution < -0.4 is 16.0 Å². The second-order valence-corrected chi connectivity index (χ2v) is 6.22. The molecule has 0 saturated carbocycles. The van der Waals surface area contributed by atoms with Crippen molar-refractivity contribution in [2.75, 3.05) is 50.2 Å². The van der Waals surface area contributed by atoms with Crippen LogP contribution in [0.2, 0.25) is 0 Å². The molecule has 176 valence electrons. The van der Waals surface area contributed by atoms with Gasteiger partial charge in [0.05, 0.1) is 19.8 Å². The summed E-state index contributed by atoms with van der Waals surface area (Å²) in [7, 11) is 1.00. The molecule has 0 bridgehead atoms. The van der Waals surface area contributed by atoms with E-state index in [0.717, 1.165) is 62.1 Å². The number of hydrogen-bond acceptors (Lipinski definition) is 7. The molecule has 2 aromatic rings. The predicted molar refractivity (Wildman–Crippen MR) is 132 cm³/mol. The maximum atomic E-state index is 10.6. The predicted octanol–water partition coefficient (Wildman–Crippen LogP) is 2.92. The van der Waals surface area contributed by atoms with Gasteiger partial charge in [0.25, 0.3) is 0 Å². The van der Waals surface area contributed by atoms with Crippen LogP contribution in [0.4, 0.5) is 11.4 Å². The van der Waals surface area contributed by atoms with E-state index >= 15 is 0 Å². The van der Waals surface area contributed by atoms with E-state index < -0.39 is 0 Å². The number of aliphatic hydroxyl groups is 1. The smallest absolute Gasteiger partial charge is 0.204 e. The van der Waals surface area contributed by atoms with Crippen LogP contribution in [0.3, 0.4) is 0 Å². The number of nitrogens with two attached hydrogens (primary N) is 1. The summed E-state index contributed by atoms with van der Waals surface area (Å²) in [5.41, 5.74) is 9.65. The van der Waals surface area contributed by atoms with Crippen LogP contribution in [0.25, 0.3) is 11.1 Å². The molecule has 2 aromatic carbocycles. The molecule has 1 heterocycles. The largest absolute Gasteiger partial charge is 0.400 e. The molecule has 1 saturated heterocycles.